The third-order valence-electron chi connectivity index (χ3n) is 4.69. The van der Waals surface area contributed by atoms with Crippen LogP contribution in [0.15, 0.2) is 40.2 Å². The first kappa shape index (κ1) is 24.7. The highest BCUT2D eigenvalue weighted by Gasteiger charge is 2.31. The van der Waals surface area contributed by atoms with Crippen molar-refractivity contribution in [1.82, 2.24) is 9.84 Å². The number of aliphatic imine (C=N–C) groups is 1. The number of carbonyl (C=O) groups is 1. The fourth-order valence-electron chi connectivity index (χ4n) is 3.18. The molecule has 1 heterocycles. The van der Waals surface area contributed by atoms with Crippen LogP contribution >= 0.6 is 23.2 Å². The van der Waals surface area contributed by atoms with Crippen molar-refractivity contribution in [2.45, 2.75) is 17.7 Å². The van der Waals surface area contributed by atoms with E-state index in [1.165, 1.54) is 29.4 Å². The van der Waals surface area contributed by atoms with Gasteiger partial charge in [-0.1, -0.05) is 23.2 Å². The summed E-state index contributed by atoms with van der Waals surface area (Å²) in [6.07, 6.45) is 1.82. The summed E-state index contributed by atoms with van der Waals surface area (Å²) in [5.41, 5.74) is 5.65. The molecule has 0 saturated carbocycles. The van der Waals surface area contributed by atoms with Crippen LogP contribution in [-0.4, -0.2) is 43.4 Å². The van der Waals surface area contributed by atoms with Crippen molar-refractivity contribution in [3.05, 3.63) is 46.2 Å². The molecule has 3 rings (SSSR count). The Morgan fingerprint density at radius 1 is 1.21 bits per heavy atom. The number of phenols is 1. The van der Waals surface area contributed by atoms with Gasteiger partial charge in [0.15, 0.2) is 5.75 Å². The van der Waals surface area contributed by atoms with Crippen molar-refractivity contribution in [1.29, 1.82) is 5.26 Å². The number of hydrogen-bond donors (Lipinski definition) is 3. The fourth-order valence-corrected chi connectivity index (χ4v) is 5.18. The Hall–Kier alpha value is -2.95. The lowest BCUT2D eigenvalue weighted by molar-refractivity contribution is -0.121. The van der Waals surface area contributed by atoms with Crippen molar-refractivity contribution in [3.8, 4) is 11.9 Å². The van der Waals surface area contributed by atoms with Gasteiger partial charge < -0.3 is 10.8 Å². The number of nitrogens with one attached hydrogen (secondary N) is 1. The Morgan fingerprint density at radius 3 is 2.45 bits per heavy atom. The molecule has 2 aromatic rings. The van der Waals surface area contributed by atoms with Crippen molar-refractivity contribution in [3.63, 3.8) is 0 Å². The standard InChI is InChI=1S/C19H17Cl2FN6O4S/c20-13-2-4-16(28(19(24)25-10-23)15-3-1-11(22)9-14(15)21)17(30)18(13)33(31,32)26-27-7-5-12(29)6-8-27/h1-4,9,26,30H,5-8H2,(H2,24,25). The number of guanidine groups is 1. The largest absolute Gasteiger partial charge is 0.504 e. The van der Waals surface area contributed by atoms with Crippen molar-refractivity contribution < 1.29 is 22.7 Å². The molecule has 0 aliphatic carbocycles. The van der Waals surface area contributed by atoms with Gasteiger partial charge >= 0.3 is 0 Å². The van der Waals surface area contributed by atoms with Gasteiger partial charge in [0.1, 0.15) is 16.5 Å². The molecule has 0 bridgehead atoms. The van der Waals surface area contributed by atoms with Crippen LogP contribution in [0.1, 0.15) is 12.8 Å². The number of nitrogens with two attached hydrogens (primary N) is 1. The lowest BCUT2D eigenvalue weighted by Gasteiger charge is -2.28. The number of anilines is 2. The predicted octanol–water partition coefficient (Wildman–Crippen LogP) is 2.63. The summed E-state index contributed by atoms with van der Waals surface area (Å²) in [4.78, 5) is 17.4. The number of hydrazine groups is 1. The molecule has 2 aromatic carbocycles. The lowest BCUT2D eigenvalue weighted by Crippen LogP contribution is -2.46. The minimum atomic E-state index is -4.41. The van der Waals surface area contributed by atoms with Crippen LogP contribution in [0, 0.1) is 17.3 Å². The van der Waals surface area contributed by atoms with Gasteiger partial charge in [-0.15, -0.1) is 9.82 Å². The summed E-state index contributed by atoms with van der Waals surface area (Å²) in [5.74, 6) is -1.95. The van der Waals surface area contributed by atoms with Gasteiger partial charge in [0.25, 0.3) is 10.0 Å². The van der Waals surface area contributed by atoms with Crippen molar-refractivity contribution in [2.75, 3.05) is 18.0 Å². The monoisotopic (exact) mass is 514 g/mol. The number of rotatable bonds is 5. The van der Waals surface area contributed by atoms with Gasteiger partial charge in [-0.3, -0.25) is 9.69 Å². The number of halogens is 3. The minimum Gasteiger partial charge on any atom is -0.504 e. The van der Waals surface area contributed by atoms with E-state index in [9.17, 15) is 22.7 Å². The molecule has 1 aliphatic heterocycles. The van der Waals surface area contributed by atoms with E-state index in [1.54, 1.807) is 0 Å². The summed E-state index contributed by atoms with van der Waals surface area (Å²) in [6, 6.07) is 5.65. The normalized spacial score (nSPS) is 15.3. The summed E-state index contributed by atoms with van der Waals surface area (Å²) in [6.45, 7) is 0.296. The summed E-state index contributed by atoms with van der Waals surface area (Å²) < 4.78 is 39.7. The smallest absolute Gasteiger partial charge is 0.258 e. The summed E-state index contributed by atoms with van der Waals surface area (Å²) >= 11 is 12.2. The Balaban J connectivity index is 2.12. The number of sulfonamides is 1. The quantitative estimate of drug-likeness (QED) is 0.312. The number of nitriles is 1. The minimum absolute atomic E-state index is 0.00685. The average Bonchev–Trinajstić information content (AvgIpc) is 2.73. The number of Topliss-reactive ketones (excluding diaryl/α,β-unsaturated/α-hetero) is 1. The Morgan fingerprint density at radius 2 is 1.85 bits per heavy atom. The number of ketones is 1. The molecule has 1 fully saturated rings. The van der Waals surface area contributed by atoms with Gasteiger partial charge in [0, 0.05) is 25.9 Å². The first-order chi connectivity index (χ1) is 15.5. The molecule has 1 saturated heterocycles. The maximum Gasteiger partial charge on any atom is 0.258 e. The lowest BCUT2D eigenvalue weighted by atomic mass is 10.1. The molecule has 10 nitrogen and oxygen atoms in total. The van der Waals surface area contributed by atoms with Crippen molar-refractivity contribution in [2.24, 2.45) is 10.7 Å². The molecule has 0 radical (unpaired) electrons. The van der Waals surface area contributed by atoms with Crippen molar-refractivity contribution >= 4 is 56.3 Å². The topological polar surface area (TPSA) is 152 Å². The predicted molar refractivity (Wildman–Crippen MR) is 120 cm³/mol. The maximum atomic E-state index is 13.6. The number of carbonyl (C=O) groups excluding carboxylic acids is 1. The highest BCUT2D eigenvalue weighted by atomic mass is 35.5. The highest BCUT2D eigenvalue weighted by molar-refractivity contribution is 7.89. The third kappa shape index (κ3) is 5.35. The first-order valence-electron chi connectivity index (χ1n) is 9.33. The second kappa shape index (κ2) is 9.90. The maximum absolute atomic E-state index is 13.6. The van der Waals surface area contributed by atoms with Crippen LogP contribution in [0.5, 0.6) is 5.75 Å². The zero-order chi connectivity index (χ0) is 24.3. The van der Waals surface area contributed by atoms with Crippen LogP contribution < -0.4 is 15.5 Å². The van der Waals surface area contributed by atoms with Gasteiger partial charge in [0.2, 0.25) is 12.2 Å². The molecular formula is C19H17Cl2FN6O4S. The van der Waals surface area contributed by atoms with Crippen LogP contribution in [0.2, 0.25) is 10.0 Å². The summed E-state index contributed by atoms with van der Waals surface area (Å²) in [5, 5.41) is 20.7. The van der Waals surface area contributed by atoms with E-state index >= 15 is 0 Å². The van der Waals surface area contributed by atoms with E-state index in [1.807, 2.05) is 0 Å². The van der Waals surface area contributed by atoms with Crippen LogP contribution in [-0.2, 0) is 14.8 Å². The second-order valence-corrected chi connectivity index (χ2v) is 9.28. The van der Waals surface area contributed by atoms with Crippen LogP contribution in [0.4, 0.5) is 15.8 Å². The molecule has 174 valence electrons. The number of piperidine rings is 1. The molecule has 33 heavy (non-hydrogen) atoms. The summed E-state index contributed by atoms with van der Waals surface area (Å²) in [7, 11) is -4.41. The zero-order valence-corrected chi connectivity index (χ0v) is 19.1. The number of hydrogen-bond acceptors (Lipinski definition) is 7. The van der Waals surface area contributed by atoms with Gasteiger partial charge in [-0.25, -0.2) is 17.8 Å². The molecule has 4 N–H and O–H groups in total. The Bertz CT molecular complexity index is 1270. The van der Waals surface area contributed by atoms with E-state index in [0.29, 0.717) is 0 Å². The number of phenolic OH excluding ortho intramolecular Hbond substituents is 1. The fraction of sp³-hybridized carbons (Fsp3) is 0.211. The molecule has 0 aromatic heterocycles. The number of aromatic hydroxyl groups is 1. The molecule has 0 atom stereocenters. The molecule has 0 spiro atoms. The Labute approximate surface area is 198 Å². The molecule has 1 aliphatic rings. The molecule has 14 heteroatoms. The van der Waals surface area contributed by atoms with E-state index in [-0.39, 0.29) is 53.1 Å². The van der Waals surface area contributed by atoms with Gasteiger partial charge in [-0.05, 0) is 30.3 Å². The SMILES string of the molecule is N#CN=C(N)N(c1ccc(F)cc1Cl)c1ccc(Cl)c(S(=O)(=O)NN2CCC(=O)CC2)c1O. The van der Waals surface area contributed by atoms with E-state index < -0.39 is 32.4 Å². The Kier molecular flexibility index (Phi) is 7.41. The second-order valence-electron chi connectivity index (χ2n) is 6.87. The zero-order valence-electron chi connectivity index (χ0n) is 16.8. The number of nitrogens with zero attached hydrogens (tertiary/aromatic N) is 4. The average molecular weight is 515 g/mol. The molecule has 0 unspecified atom stereocenters. The third-order valence-corrected chi connectivity index (χ3v) is 6.87. The highest BCUT2D eigenvalue weighted by Crippen LogP contribution is 2.43. The number of benzene rings is 2. The first-order valence-corrected chi connectivity index (χ1v) is 11.6. The molecule has 0 amide bonds. The van der Waals surface area contributed by atoms with E-state index in [4.69, 9.17) is 34.2 Å². The van der Waals surface area contributed by atoms with Gasteiger partial charge in [-0.2, -0.15) is 5.26 Å². The van der Waals surface area contributed by atoms with Crippen LogP contribution in [0.3, 0.4) is 0 Å². The van der Waals surface area contributed by atoms with E-state index in [2.05, 4.69) is 9.82 Å². The van der Waals surface area contributed by atoms with Crippen LogP contribution in [0.25, 0.3) is 0 Å². The van der Waals surface area contributed by atoms with E-state index in [0.717, 1.165) is 17.0 Å². The van der Waals surface area contributed by atoms with Gasteiger partial charge in [0.05, 0.1) is 21.4 Å². The molecular weight excluding hydrogens is 498 g/mol.